The van der Waals surface area contributed by atoms with Crippen LogP contribution in [0.2, 0.25) is 0 Å². The Morgan fingerprint density at radius 3 is 3.05 bits per heavy atom. The minimum absolute atomic E-state index is 0.0796. The smallest absolute Gasteiger partial charge is 0.252 e. The number of hydrogen-bond acceptors (Lipinski definition) is 4. The van der Waals surface area contributed by atoms with E-state index >= 15 is 0 Å². The summed E-state index contributed by atoms with van der Waals surface area (Å²) in [6, 6.07) is 0. The molecule has 0 aliphatic heterocycles. The lowest BCUT2D eigenvalue weighted by Crippen LogP contribution is -2.26. The van der Waals surface area contributed by atoms with Crippen LogP contribution in [-0.2, 0) is 19.3 Å². The van der Waals surface area contributed by atoms with Crippen molar-refractivity contribution in [3.63, 3.8) is 0 Å². The van der Waals surface area contributed by atoms with Gasteiger partial charge in [-0.2, -0.15) is 0 Å². The summed E-state index contributed by atoms with van der Waals surface area (Å²) in [6.07, 6.45) is 7.30. The molecule has 0 atom stereocenters. The maximum atomic E-state index is 12.2. The second-order valence-corrected chi connectivity index (χ2v) is 6.63. The SMILES string of the molecule is O=C(NCCc1nccs1)c1csc2c1CCCC2. The molecule has 0 aromatic carbocycles. The molecule has 0 bridgehead atoms. The van der Waals surface area contributed by atoms with Crippen molar-refractivity contribution in [1.82, 2.24) is 10.3 Å². The van der Waals surface area contributed by atoms with E-state index in [1.54, 1.807) is 28.9 Å². The summed E-state index contributed by atoms with van der Waals surface area (Å²) in [5.41, 5.74) is 2.20. The minimum atomic E-state index is 0.0796. The highest BCUT2D eigenvalue weighted by Gasteiger charge is 2.19. The molecule has 3 nitrogen and oxygen atoms in total. The second-order valence-electron chi connectivity index (χ2n) is 4.69. The van der Waals surface area contributed by atoms with Crippen LogP contribution in [0.5, 0.6) is 0 Å². The first-order chi connectivity index (χ1) is 9.34. The highest BCUT2D eigenvalue weighted by Crippen LogP contribution is 2.30. The molecule has 1 amide bonds. The summed E-state index contributed by atoms with van der Waals surface area (Å²) in [7, 11) is 0. The lowest BCUT2D eigenvalue weighted by Gasteiger charge is -2.12. The molecule has 100 valence electrons. The number of rotatable bonds is 4. The zero-order valence-corrected chi connectivity index (χ0v) is 12.3. The van der Waals surface area contributed by atoms with Gasteiger partial charge in [0.25, 0.3) is 5.91 Å². The van der Waals surface area contributed by atoms with Crippen LogP contribution in [0.3, 0.4) is 0 Å². The van der Waals surface area contributed by atoms with Gasteiger partial charge in [0.2, 0.25) is 0 Å². The van der Waals surface area contributed by atoms with E-state index in [9.17, 15) is 4.79 Å². The molecule has 0 saturated carbocycles. The number of hydrogen-bond donors (Lipinski definition) is 1. The van der Waals surface area contributed by atoms with E-state index in [4.69, 9.17) is 0 Å². The van der Waals surface area contributed by atoms with Gasteiger partial charge < -0.3 is 5.32 Å². The average molecular weight is 292 g/mol. The van der Waals surface area contributed by atoms with E-state index in [-0.39, 0.29) is 5.91 Å². The molecule has 0 unspecified atom stereocenters. The minimum Gasteiger partial charge on any atom is -0.352 e. The molecule has 3 rings (SSSR count). The van der Waals surface area contributed by atoms with Gasteiger partial charge in [0.05, 0.1) is 10.6 Å². The molecular weight excluding hydrogens is 276 g/mol. The highest BCUT2D eigenvalue weighted by molar-refractivity contribution is 7.10. The summed E-state index contributed by atoms with van der Waals surface area (Å²) in [4.78, 5) is 17.8. The van der Waals surface area contributed by atoms with Gasteiger partial charge >= 0.3 is 0 Å². The van der Waals surface area contributed by atoms with Crippen molar-refractivity contribution in [3.8, 4) is 0 Å². The van der Waals surface area contributed by atoms with Gasteiger partial charge in [-0.3, -0.25) is 4.79 Å². The van der Waals surface area contributed by atoms with E-state index in [1.807, 2.05) is 10.8 Å². The van der Waals surface area contributed by atoms with Gasteiger partial charge in [-0.25, -0.2) is 4.98 Å². The molecular formula is C14H16N2OS2. The first kappa shape index (κ1) is 12.8. The molecule has 0 spiro atoms. The number of thiazole rings is 1. The van der Waals surface area contributed by atoms with Crippen molar-refractivity contribution < 1.29 is 4.79 Å². The van der Waals surface area contributed by atoms with E-state index in [1.165, 1.54) is 23.3 Å². The molecule has 1 aliphatic rings. The third kappa shape index (κ3) is 2.87. The fraction of sp³-hybridized carbons (Fsp3) is 0.429. The number of fused-ring (bicyclic) bond motifs is 1. The number of carbonyl (C=O) groups excluding carboxylic acids is 1. The molecule has 0 saturated heterocycles. The van der Waals surface area contributed by atoms with Gasteiger partial charge in [-0.15, -0.1) is 22.7 Å². The van der Waals surface area contributed by atoms with E-state index in [0.717, 1.165) is 29.8 Å². The predicted octanol–water partition coefficient (Wildman–Crippen LogP) is 3.06. The number of nitrogens with one attached hydrogen (secondary N) is 1. The number of carbonyl (C=O) groups is 1. The second kappa shape index (κ2) is 5.84. The standard InChI is InChI=1S/C14H16N2OS2/c17-14(16-6-5-13-15-7-8-18-13)11-9-19-12-4-2-1-3-10(11)12/h7-9H,1-6H2,(H,16,17). The molecule has 2 heterocycles. The van der Waals surface area contributed by atoms with Crippen LogP contribution in [0.4, 0.5) is 0 Å². The van der Waals surface area contributed by atoms with Crippen molar-refractivity contribution in [2.45, 2.75) is 32.1 Å². The molecule has 2 aromatic rings. The van der Waals surface area contributed by atoms with E-state index < -0.39 is 0 Å². The predicted molar refractivity (Wildman–Crippen MR) is 79.1 cm³/mol. The number of aryl methyl sites for hydroxylation is 1. The maximum Gasteiger partial charge on any atom is 0.252 e. The molecule has 0 fully saturated rings. The molecule has 1 N–H and O–H groups in total. The summed E-state index contributed by atoms with van der Waals surface area (Å²) >= 11 is 3.37. The Morgan fingerprint density at radius 2 is 2.21 bits per heavy atom. The molecule has 2 aromatic heterocycles. The zero-order valence-electron chi connectivity index (χ0n) is 10.6. The van der Waals surface area contributed by atoms with Gasteiger partial charge in [-0.05, 0) is 31.2 Å². The van der Waals surface area contributed by atoms with Crippen LogP contribution in [-0.4, -0.2) is 17.4 Å². The van der Waals surface area contributed by atoms with Crippen molar-refractivity contribution in [2.75, 3.05) is 6.54 Å². The number of thiophene rings is 1. The summed E-state index contributed by atoms with van der Waals surface area (Å²) < 4.78 is 0. The number of aromatic nitrogens is 1. The molecule has 1 aliphatic carbocycles. The zero-order chi connectivity index (χ0) is 13.1. The lowest BCUT2D eigenvalue weighted by atomic mass is 9.96. The average Bonchev–Trinajstić information content (AvgIpc) is 3.07. The van der Waals surface area contributed by atoms with Crippen LogP contribution in [0.25, 0.3) is 0 Å². The Bertz CT molecular complexity index is 560. The molecule has 19 heavy (non-hydrogen) atoms. The van der Waals surface area contributed by atoms with Crippen LogP contribution in [0.15, 0.2) is 17.0 Å². The third-order valence-electron chi connectivity index (χ3n) is 3.41. The van der Waals surface area contributed by atoms with Crippen LogP contribution >= 0.6 is 22.7 Å². The van der Waals surface area contributed by atoms with Gasteiger partial charge in [0, 0.05) is 34.8 Å². The quantitative estimate of drug-likeness (QED) is 0.941. The van der Waals surface area contributed by atoms with Gasteiger partial charge in [0.15, 0.2) is 0 Å². The largest absolute Gasteiger partial charge is 0.352 e. The Morgan fingerprint density at radius 1 is 1.32 bits per heavy atom. The van der Waals surface area contributed by atoms with Crippen LogP contribution in [0, 0.1) is 0 Å². The first-order valence-corrected chi connectivity index (χ1v) is 8.36. The van der Waals surface area contributed by atoms with Gasteiger partial charge in [-0.1, -0.05) is 0 Å². The summed E-state index contributed by atoms with van der Waals surface area (Å²) in [6.45, 7) is 0.664. The Balaban J connectivity index is 1.59. The van der Waals surface area contributed by atoms with Crippen LogP contribution < -0.4 is 5.32 Å². The number of amides is 1. The van der Waals surface area contributed by atoms with Crippen molar-refractivity contribution in [1.29, 1.82) is 0 Å². The Hall–Kier alpha value is -1.20. The Kier molecular flexibility index (Phi) is 3.94. The maximum absolute atomic E-state index is 12.2. The Labute approximate surface area is 120 Å². The normalized spacial score (nSPS) is 14.1. The summed E-state index contributed by atoms with van der Waals surface area (Å²) in [5, 5.41) is 8.07. The molecule has 0 radical (unpaired) electrons. The molecule has 5 heteroatoms. The van der Waals surface area contributed by atoms with Crippen molar-refractivity contribution in [2.24, 2.45) is 0 Å². The topological polar surface area (TPSA) is 42.0 Å². The van der Waals surface area contributed by atoms with Crippen LogP contribution in [0.1, 0.15) is 38.6 Å². The fourth-order valence-electron chi connectivity index (χ4n) is 2.44. The lowest BCUT2D eigenvalue weighted by molar-refractivity contribution is 0.0953. The van der Waals surface area contributed by atoms with Gasteiger partial charge in [0.1, 0.15) is 0 Å². The summed E-state index contributed by atoms with van der Waals surface area (Å²) in [5.74, 6) is 0.0796. The monoisotopic (exact) mass is 292 g/mol. The fourth-order valence-corrected chi connectivity index (χ4v) is 4.19. The first-order valence-electron chi connectivity index (χ1n) is 6.60. The highest BCUT2D eigenvalue weighted by atomic mass is 32.1. The van der Waals surface area contributed by atoms with Crippen molar-refractivity contribution >= 4 is 28.6 Å². The van der Waals surface area contributed by atoms with E-state index in [0.29, 0.717) is 6.54 Å². The van der Waals surface area contributed by atoms with E-state index in [2.05, 4.69) is 10.3 Å². The van der Waals surface area contributed by atoms with Crippen molar-refractivity contribution in [3.05, 3.63) is 38.0 Å². The number of nitrogens with zero attached hydrogens (tertiary/aromatic N) is 1. The third-order valence-corrected chi connectivity index (χ3v) is 5.34.